The molecule has 0 saturated heterocycles. The van der Waals surface area contributed by atoms with Gasteiger partial charge in [-0.1, -0.05) is 47.1 Å². The van der Waals surface area contributed by atoms with Crippen molar-refractivity contribution in [2.75, 3.05) is 5.32 Å². The summed E-state index contributed by atoms with van der Waals surface area (Å²) in [7, 11) is 0. The lowest BCUT2D eigenvalue weighted by atomic mass is 9.95. The van der Waals surface area contributed by atoms with Gasteiger partial charge in [0, 0.05) is 11.4 Å². The van der Waals surface area contributed by atoms with Crippen LogP contribution in [0.1, 0.15) is 30.8 Å². The molecule has 8 heteroatoms. The van der Waals surface area contributed by atoms with Gasteiger partial charge in [-0.05, 0) is 31.0 Å². The van der Waals surface area contributed by atoms with Gasteiger partial charge in [0.25, 0.3) is 5.91 Å². The number of anilines is 1. The highest BCUT2D eigenvalue weighted by atomic mass is 35.5. The summed E-state index contributed by atoms with van der Waals surface area (Å²) in [6, 6.07) is 7.27. The summed E-state index contributed by atoms with van der Waals surface area (Å²) in [5.41, 5.74) is 0.536. The number of hydrogen-bond donors (Lipinski definition) is 1. The van der Waals surface area contributed by atoms with Crippen LogP contribution in [0.25, 0.3) is 0 Å². The molecule has 6 nitrogen and oxygen atoms in total. The number of nitrogens with one attached hydrogen (secondary N) is 1. The molecule has 1 amide bonds. The summed E-state index contributed by atoms with van der Waals surface area (Å²) >= 11 is 7.24. The minimum Gasteiger partial charge on any atom is -0.379 e. The van der Waals surface area contributed by atoms with Crippen molar-refractivity contribution in [3.63, 3.8) is 0 Å². The first-order valence-corrected chi connectivity index (χ1v) is 8.34. The van der Waals surface area contributed by atoms with Crippen molar-refractivity contribution in [3.8, 4) is 0 Å². The van der Waals surface area contributed by atoms with E-state index < -0.39 is 5.60 Å². The predicted molar refractivity (Wildman–Crippen MR) is 90.0 cm³/mol. The van der Waals surface area contributed by atoms with E-state index in [2.05, 4.69) is 20.7 Å². The van der Waals surface area contributed by atoms with Gasteiger partial charge in [0.1, 0.15) is 5.01 Å². The summed E-state index contributed by atoms with van der Waals surface area (Å²) in [6.07, 6.45) is 1.16. The summed E-state index contributed by atoms with van der Waals surface area (Å²) in [5, 5.41) is 16.7. The van der Waals surface area contributed by atoms with Crippen LogP contribution in [0, 0.1) is 0 Å². The van der Waals surface area contributed by atoms with Crippen LogP contribution in [0.2, 0.25) is 5.02 Å². The average Bonchev–Trinajstić information content (AvgIpc) is 3.15. The Balaban J connectivity index is 1.69. The second kappa shape index (κ2) is 6.25. The zero-order chi connectivity index (χ0) is 16.4. The van der Waals surface area contributed by atoms with E-state index in [1.54, 1.807) is 19.1 Å². The van der Waals surface area contributed by atoms with Crippen molar-refractivity contribution in [3.05, 3.63) is 39.9 Å². The van der Waals surface area contributed by atoms with Crippen LogP contribution in [-0.4, -0.2) is 27.4 Å². The molecule has 1 aromatic carbocycles. The maximum absolute atomic E-state index is 12.5. The van der Waals surface area contributed by atoms with Crippen molar-refractivity contribution in [1.29, 1.82) is 0 Å². The molecule has 1 N–H and O–H groups in total. The quantitative estimate of drug-likeness (QED) is 0.918. The fourth-order valence-corrected chi connectivity index (χ4v) is 2.94. The first-order valence-electron chi connectivity index (χ1n) is 7.15. The smallest absolute Gasteiger partial charge is 0.273 e. The molecule has 2 heterocycles. The van der Waals surface area contributed by atoms with Crippen LogP contribution in [0.5, 0.6) is 0 Å². The number of amides is 1. The van der Waals surface area contributed by atoms with Crippen molar-refractivity contribution in [1.82, 2.24) is 10.2 Å². The first-order chi connectivity index (χ1) is 11.0. The Kier molecular flexibility index (Phi) is 4.32. The minimum atomic E-state index is -1.06. The number of rotatable bonds is 4. The van der Waals surface area contributed by atoms with Crippen LogP contribution < -0.4 is 5.32 Å². The molecular formula is C15H15ClN4O2S. The van der Waals surface area contributed by atoms with E-state index in [4.69, 9.17) is 16.4 Å². The Morgan fingerprint density at radius 1 is 1.39 bits per heavy atom. The lowest BCUT2D eigenvalue weighted by molar-refractivity contribution is -0.135. The van der Waals surface area contributed by atoms with Gasteiger partial charge in [-0.2, -0.15) is 0 Å². The number of aryl methyl sites for hydroxylation is 1. The second-order valence-corrected chi connectivity index (χ2v) is 6.85. The molecule has 0 radical (unpaired) electrons. The maximum Gasteiger partial charge on any atom is 0.273 e. The van der Waals surface area contributed by atoms with Gasteiger partial charge in [-0.15, -0.1) is 10.2 Å². The number of aromatic nitrogens is 2. The summed E-state index contributed by atoms with van der Waals surface area (Å²) < 4.78 is 0. The monoisotopic (exact) mass is 350 g/mol. The summed E-state index contributed by atoms with van der Waals surface area (Å²) in [5.74, 6) is -0.288. The average molecular weight is 351 g/mol. The van der Waals surface area contributed by atoms with Crippen LogP contribution in [0.15, 0.2) is 29.4 Å². The van der Waals surface area contributed by atoms with Gasteiger partial charge in [-0.3, -0.25) is 10.1 Å². The van der Waals surface area contributed by atoms with Gasteiger partial charge in [0.15, 0.2) is 0 Å². The molecule has 120 valence electrons. The van der Waals surface area contributed by atoms with E-state index in [0.717, 1.165) is 17.0 Å². The third-order valence-electron chi connectivity index (χ3n) is 3.51. The Bertz CT molecular complexity index is 759. The Hall–Kier alpha value is -1.99. The van der Waals surface area contributed by atoms with Gasteiger partial charge in [0.05, 0.1) is 5.71 Å². The molecule has 1 aromatic heterocycles. The minimum absolute atomic E-state index is 0.288. The zero-order valence-corrected chi connectivity index (χ0v) is 14.2. The zero-order valence-electron chi connectivity index (χ0n) is 12.7. The molecule has 1 atom stereocenters. The number of hydrogen-bond acceptors (Lipinski definition) is 6. The SMILES string of the molecule is CCc1nnc(NC(=O)C2(C)CC(c3ccc(Cl)cc3)=NO2)s1. The Labute approximate surface area is 142 Å². The van der Waals surface area contributed by atoms with Crippen LogP contribution in [0.4, 0.5) is 5.13 Å². The fourth-order valence-electron chi connectivity index (χ4n) is 2.14. The fraction of sp³-hybridized carbons (Fsp3) is 0.333. The summed E-state index contributed by atoms with van der Waals surface area (Å²) in [6.45, 7) is 3.69. The standard InChI is InChI=1S/C15H15ClN4O2S/c1-3-12-18-19-14(23-12)17-13(21)15(2)8-11(20-22-15)9-4-6-10(16)7-5-9/h4-7H,3,8H2,1-2H3,(H,17,19,21). The highest BCUT2D eigenvalue weighted by molar-refractivity contribution is 7.15. The van der Waals surface area contributed by atoms with Crippen LogP contribution in [-0.2, 0) is 16.1 Å². The van der Waals surface area contributed by atoms with Gasteiger partial charge < -0.3 is 4.84 Å². The highest BCUT2D eigenvalue weighted by Gasteiger charge is 2.42. The van der Waals surface area contributed by atoms with E-state index in [9.17, 15) is 4.79 Å². The normalized spacial score (nSPS) is 20.0. The third kappa shape index (κ3) is 3.35. The number of carbonyl (C=O) groups is 1. The molecule has 0 bridgehead atoms. The predicted octanol–water partition coefficient (Wildman–Crippen LogP) is 3.28. The second-order valence-electron chi connectivity index (χ2n) is 5.35. The van der Waals surface area contributed by atoms with E-state index in [1.165, 1.54) is 11.3 Å². The van der Waals surface area contributed by atoms with Crippen molar-refractivity contribution < 1.29 is 9.63 Å². The van der Waals surface area contributed by atoms with Crippen LogP contribution >= 0.6 is 22.9 Å². The Morgan fingerprint density at radius 3 is 2.78 bits per heavy atom. The molecule has 23 heavy (non-hydrogen) atoms. The van der Waals surface area contributed by atoms with E-state index in [0.29, 0.717) is 22.3 Å². The molecule has 1 unspecified atom stereocenters. The molecule has 0 fully saturated rings. The molecule has 0 saturated carbocycles. The molecule has 0 spiro atoms. The molecular weight excluding hydrogens is 336 g/mol. The largest absolute Gasteiger partial charge is 0.379 e. The van der Waals surface area contributed by atoms with Crippen molar-refractivity contribution >= 4 is 39.7 Å². The van der Waals surface area contributed by atoms with Crippen molar-refractivity contribution in [2.45, 2.75) is 32.3 Å². The molecule has 3 rings (SSSR count). The summed E-state index contributed by atoms with van der Waals surface area (Å²) in [4.78, 5) is 17.9. The van der Waals surface area contributed by atoms with Gasteiger partial charge in [0.2, 0.25) is 10.7 Å². The van der Waals surface area contributed by atoms with Gasteiger partial charge in [-0.25, -0.2) is 0 Å². The number of carbonyl (C=O) groups excluding carboxylic acids is 1. The molecule has 2 aromatic rings. The Morgan fingerprint density at radius 2 is 2.13 bits per heavy atom. The van der Waals surface area contributed by atoms with Gasteiger partial charge >= 0.3 is 0 Å². The number of nitrogens with zero attached hydrogens (tertiary/aromatic N) is 3. The lowest BCUT2D eigenvalue weighted by Gasteiger charge is -2.19. The molecule has 1 aliphatic heterocycles. The van der Waals surface area contributed by atoms with E-state index >= 15 is 0 Å². The molecule has 0 aliphatic carbocycles. The molecule has 1 aliphatic rings. The first kappa shape index (κ1) is 15.9. The van der Waals surface area contributed by atoms with Crippen LogP contribution in [0.3, 0.4) is 0 Å². The van der Waals surface area contributed by atoms with Crippen molar-refractivity contribution in [2.24, 2.45) is 5.16 Å². The lowest BCUT2D eigenvalue weighted by Crippen LogP contribution is -2.40. The third-order valence-corrected chi connectivity index (χ3v) is 4.74. The van der Waals surface area contributed by atoms with E-state index in [-0.39, 0.29) is 5.91 Å². The number of halogens is 1. The number of oxime groups is 1. The van der Waals surface area contributed by atoms with E-state index in [1.807, 2.05) is 19.1 Å². The number of benzene rings is 1. The highest BCUT2D eigenvalue weighted by Crippen LogP contribution is 2.29. The topological polar surface area (TPSA) is 76.5 Å². The maximum atomic E-state index is 12.5.